The molecule has 0 spiro atoms. The van der Waals surface area contributed by atoms with Gasteiger partial charge in [-0.1, -0.05) is 145 Å². The summed E-state index contributed by atoms with van der Waals surface area (Å²) in [7, 11) is 0. The van der Waals surface area contributed by atoms with Gasteiger partial charge < -0.3 is 13.7 Å². The van der Waals surface area contributed by atoms with E-state index in [-0.39, 0.29) is 10.8 Å². The van der Waals surface area contributed by atoms with Crippen molar-refractivity contribution < 1.29 is 8.83 Å². The average Bonchev–Trinajstić information content (AvgIpc) is 3.88. The van der Waals surface area contributed by atoms with E-state index in [1.54, 1.807) is 0 Å². The molecule has 0 radical (unpaired) electrons. The van der Waals surface area contributed by atoms with Gasteiger partial charge in [-0.2, -0.15) is 0 Å². The Bertz CT molecular complexity index is 3620. The van der Waals surface area contributed by atoms with Crippen LogP contribution in [-0.2, 0) is 10.8 Å². The van der Waals surface area contributed by atoms with E-state index in [0.717, 1.165) is 83.2 Å². The van der Waals surface area contributed by atoms with E-state index in [9.17, 15) is 0 Å². The van der Waals surface area contributed by atoms with Gasteiger partial charge in [0, 0.05) is 38.6 Å². The average molecular weight is 840 g/mol. The number of anilines is 3. The minimum Gasteiger partial charge on any atom is -0.456 e. The summed E-state index contributed by atoms with van der Waals surface area (Å²) in [5.41, 5.74) is 14.2. The van der Waals surface area contributed by atoms with E-state index in [2.05, 4.69) is 234 Å². The van der Waals surface area contributed by atoms with Crippen LogP contribution < -0.4 is 4.90 Å². The number of benzene rings is 10. The Morgan fingerprint density at radius 3 is 1.03 bits per heavy atom. The van der Waals surface area contributed by atoms with E-state index in [1.165, 1.54) is 43.4 Å². The molecule has 0 saturated carbocycles. The Labute approximate surface area is 379 Å². The highest BCUT2D eigenvalue weighted by atomic mass is 16.3. The highest BCUT2D eigenvalue weighted by Crippen LogP contribution is 2.43. The molecule has 12 aromatic rings. The van der Waals surface area contributed by atoms with Crippen LogP contribution in [0, 0.1) is 0 Å². The zero-order chi connectivity index (χ0) is 44.2. The van der Waals surface area contributed by atoms with Crippen LogP contribution in [0.2, 0.25) is 0 Å². The molecular formula is C62H49NO2. The second-order valence-corrected chi connectivity index (χ2v) is 19.8. The zero-order valence-electron chi connectivity index (χ0n) is 37.7. The maximum atomic E-state index is 6.31. The van der Waals surface area contributed by atoms with Crippen LogP contribution in [0.25, 0.3) is 98.4 Å². The predicted molar refractivity (Wildman–Crippen MR) is 276 cm³/mol. The number of hydrogen-bond donors (Lipinski definition) is 0. The van der Waals surface area contributed by atoms with Crippen LogP contribution >= 0.6 is 0 Å². The first-order valence-corrected chi connectivity index (χ1v) is 22.7. The summed E-state index contributed by atoms with van der Waals surface area (Å²) in [4.78, 5) is 2.39. The third-order valence-electron chi connectivity index (χ3n) is 13.6. The van der Waals surface area contributed by atoms with E-state index in [4.69, 9.17) is 8.83 Å². The minimum atomic E-state index is 0.0456. The zero-order valence-corrected chi connectivity index (χ0v) is 37.7. The molecule has 0 aliphatic rings. The van der Waals surface area contributed by atoms with Crippen LogP contribution in [0.5, 0.6) is 0 Å². The number of nitrogens with zero attached hydrogens (tertiary/aromatic N) is 1. The molecule has 2 heterocycles. The Hall–Kier alpha value is -7.62. The molecule has 0 saturated heterocycles. The van der Waals surface area contributed by atoms with Crippen molar-refractivity contribution in [1.29, 1.82) is 0 Å². The van der Waals surface area contributed by atoms with Gasteiger partial charge >= 0.3 is 0 Å². The van der Waals surface area contributed by atoms with Gasteiger partial charge in [0.1, 0.15) is 22.3 Å². The quantitative estimate of drug-likeness (QED) is 0.162. The molecule has 0 amide bonds. The van der Waals surface area contributed by atoms with Crippen LogP contribution in [0.1, 0.15) is 52.7 Å². The number of hydrogen-bond acceptors (Lipinski definition) is 3. The first kappa shape index (κ1) is 39.0. The lowest BCUT2D eigenvalue weighted by atomic mass is 9.86. The minimum absolute atomic E-state index is 0.0456. The van der Waals surface area contributed by atoms with Gasteiger partial charge in [-0.15, -0.1) is 0 Å². The lowest BCUT2D eigenvalue weighted by Gasteiger charge is -2.26. The third kappa shape index (κ3) is 6.56. The highest BCUT2D eigenvalue weighted by molar-refractivity contribution is 6.26. The second kappa shape index (κ2) is 14.5. The predicted octanol–water partition coefficient (Wildman–Crippen LogP) is 18.3. The maximum absolute atomic E-state index is 6.31. The number of furan rings is 2. The monoisotopic (exact) mass is 839 g/mol. The van der Waals surface area contributed by atoms with Crippen molar-refractivity contribution in [2.75, 3.05) is 4.90 Å². The second-order valence-electron chi connectivity index (χ2n) is 19.8. The molecule has 3 nitrogen and oxygen atoms in total. The number of fused-ring (bicyclic) bond motifs is 12. The van der Waals surface area contributed by atoms with Gasteiger partial charge in [0.2, 0.25) is 0 Å². The van der Waals surface area contributed by atoms with Crippen molar-refractivity contribution in [3.63, 3.8) is 0 Å². The SMILES string of the molecule is CC(C)(C)c1ccc2oc3ccc(-c4ccc(N(c5ccc(-c6ccc7oc8ccc(C(C)(C)C)cc8c7c6)cc5)c5ccc6c7ccccc7c7ccccc7c6c5)cc4)cc3c2c1. The van der Waals surface area contributed by atoms with Gasteiger partial charge in [-0.3, -0.25) is 0 Å². The Balaban J connectivity index is 0.973. The molecule has 3 heteroatoms. The molecule has 2 aromatic heterocycles. The fourth-order valence-electron chi connectivity index (χ4n) is 9.93. The van der Waals surface area contributed by atoms with E-state index < -0.39 is 0 Å². The van der Waals surface area contributed by atoms with Crippen molar-refractivity contribution >= 4 is 93.3 Å². The van der Waals surface area contributed by atoms with Gasteiger partial charge in [0.05, 0.1) is 0 Å². The smallest absolute Gasteiger partial charge is 0.135 e. The molecule has 0 bridgehead atoms. The molecule has 0 aliphatic heterocycles. The standard InChI is InChI=1S/C62H49NO2/c1-61(2,3)42-21-31-59-55(35-42)53-33-40(19-29-57(53)64-59)38-15-23-44(24-16-38)63(46-27-28-51-49-13-8-7-11-47(49)48-12-9-10-14-50(48)52(51)37-46)45-25-17-39(18-26-45)41-20-30-58-54(34-41)56-36-43(62(4,5)6)22-32-60(56)65-58/h7-37H,1-6H3. The molecule has 65 heavy (non-hydrogen) atoms. The van der Waals surface area contributed by atoms with Crippen molar-refractivity contribution in [3.05, 3.63) is 199 Å². The lowest BCUT2D eigenvalue weighted by molar-refractivity contribution is 0.590. The first-order valence-electron chi connectivity index (χ1n) is 22.7. The fourth-order valence-corrected chi connectivity index (χ4v) is 9.93. The van der Waals surface area contributed by atoms with Crippen LogP contribution in [0.3, 0.4) is 0 Å². The fraction of sp³-hybridized carbons (Fsp3) is 0.129. The molecule has 0 atom stereocenters. The van der Waals surface area contributed by atoms with Gasteiger partial charge in [-0.25, -0.2) is 0 Å². The summed E-state index contributed by atoms with van der Waals surface area (Å²) < 4.78 is 12.6. The third-order valence-corrected chi connectivity index (χ3v) is 13.6. The molecule has 0 fully saturated rings. The highest BCUT2D eigenvalue weighted by Gasteiger charge is 2.20. The molecule has 0 aliphatic carbocycles. The molecule has 0 unspecified atom stereocenters. The Kier molecular flexibility index (Phi) is 8.67. The van der Waals surface area contributed by atoms with Gasteiger partial charge in [-0.05, 0) is 161 Å². The molecule has 0 N–H and O–H groups in total. The summed E-state index contributed by atoms with van der Waals surface area (Å²) in [5, 5.41) is 12.1. The number of rotatable bonds is 5. The normalized spacial score (nSPS) is 12.5. The van der Waals surface area contributed by atoms with Gasteiger partial charge in [0.15, 0.2) is 0 Å². The van der Waals surface area contributed by atoms with Crippen molar-refractivity contribution in [2.45, 2.75) is 52.4 Å². The van der Waals surface area contributed by atoms with Crippen molar-refractivity contribution in [2.24, 2.45) is 0 Å². The summed E-state index contributed by atoms with van der Waals surface area (Å²) in [5.74, 6) is 0. The lowest BCUT2D eigenvalue weighted by Crippen LogP contribution is -2.10. The van der Waals surface area contributed by atoms with E-state index in [1.807, 2.05) is 0 Å². The maximum Gasteiger partial charge on any atom is 0.135 e. The van der Waals surface area contributed by atoms with Crippen LogP contribution in [-0.4, -0.2) is 0 Å². The van der Waals surface area contributed by atoms with Gasteiger partial charge in [0.25, 0.3) is 0 Å². The van der Waals surface area contributed by atoms with E-state index >= 15 is 0 Å². The summed E-state index contributed by atoms with van der Waals surface area (Å²) in [6.45, 7) is 13.5. The van der Waals surface area contributed by atoms with Crippen molar-refractivity contribution in [3.8, 4) is 22.3 Å². The van der Waals surface area contributed by atoms with Crippen LogP contribution in [0.15, 0.2) is 197 Å². The Morgan fingerprint density at radius 2 is 0.615 bits per heavy atom. The van der Waals surface area contributed by atoms with Crippen molar-refractivity contribution in [1.82, 2.24) is 0 Å². The summed E-state index contributed by atoms with van der Waals surface area (Å²) >= 11 is 0. The van der Waals surface area contributed by atoms with E-state index in [0.29, 0.717) is 0 Å². The molecule has 314 valence electrons. The van der Waals surface area contributed by atoms with Crippen LogP contribution in [0.4, 0.5) is 17.1 Å². The largest absolute Gasteiger partial charge is 0.456 e. The Morgan fingerprint density at radius 1 is 0.277 bits per heavy atom. The molecular weight excluding hydrogens is 791 g/mol. The topological polar surface area (TPSA) is 29.5 Å². The first-order chi connectivity index (χ1) is 31.4. The summed E-state index contributed by atoms with van der Waals surface area (Å²) in [6, 6.07) is 68.9. The molecule has 12 rings (SSSR count). The summed E-state index contributed by atoms with van der Waals surface area (Å²) in [6.07, 6.45) is 0. The molecule has 10 aromatic carbocycles.